The number of hydrogen-bond donors (Lipinski definition) is 2. The summed E-state index contributed by atoms with van der Waals surface area (Å²) >= 11 is 0. The van der Waals surface area contributed by atoms with Crippen molar-refractivity contribution in [2.45, 2.75) is 19.9 Å². The fourth-order valence-corrected chi connectivity index (χ4v) is 2.52. The van der Waals surface area contributed by atoms with Crippen LogP contribution in [0.5, 0.6) is 0 Å². The highest BCUT2D eigenvalue weighted by Gasteiger charge is 2.21. The maximum atomic E-state index is 13.5. The summed E-state index contributed by atoms with van der Waals surface area (Å²) in [5.41, 5.74) is 0.440. The first kappa shape index (κ1) is 18.0. The lowest BCUT2D eigenvalue weighted by Gasteiger charge is -2.19. The van der Waals surface area contributed by atoms with Gasteiger partial charge in [-0.15, -0.1) is 0 Å². The van der Waals surface area contributed by atoms with Crippen molar-refractivity contribution in [1.82, 2.24) is 0 Å². The first-order valence-electron chi connectivity index (χ1n) is 7.71. The number of nitrogens with two attached hydrogens (primary N) is 1. The fraction of sp³-hybridized carbons (Fsp3) is 0.278. The van der Waals surface area contributed by atoms with Gasteiger partial charge in [0.2, 0.25) is 0 Å². The number of halogens is 3. The summed E-state index contributed by atoms with van der Waals surface area (Å²) in [4.78, 5) is 12.0. The molecule has 2 rings (SSSR count). The van der Waals surface area contributed by atoms with Gasteiger partial charge in [-0.05, 0) is 24.3 Å². The van der Waals surface area contributed by atoms with E-state index in [-0.39, 0.29) is 24.3 Å². The molecule has 2 aromatic rings. The number of nitrogens with one attached hydrogen (secondary N) is 1. The lowest BCUT2D eigenvalue weighted by molar-refractivity contribution is -0.692. The Morgan fingerprint density at radius 3 is 2.17 bits per heavy atom. The molecule has 6 heteroatoms. The molecule has 0 aliphatic rings. The van der Waals surface area contributed by atoms with Gasteiger partial charge in [0, 0.05) is 11.5 Å². The minimum atomic E-state index is -0.817. The molecule has 1 amide bonds. The summed E-state index contributed by atoms with van der Waals surface area (Å²) in [7, 11) is 0. The lowest BCUT2D eigenvalue weighted by Crippen LogP contribution is -2.88. The summed E-state index contributed by atoms with van der Waals surface area (Å²) in [5.74, 6) is -2.28. The van der Waals surface area contributed by atoms with E-state index < -0.39 is 23.2 Å². The molecule has 0 unspecified atom stereocenters. The summed E-state index contributed by atoms with van der Waals surface area (Å²) in [5, 5.41) is 4.02. The van der Waals surface area contributed by atoms with Crippen molar-refractivity contribution in [3.05, 3.63) is 65.5 Å². The Hall–Kier alpha value is -2.34. The van der Waals surface area contributed by atoms with Gasteiger partial charge >= 0.3 is 0 Å². The van der Waals surface area contributed by atoms with Crippen LogP contribution in [0.15, 0.2) is 42.5 Å². The van der Waals surface area contributed by atoms with E-state index in [0.717, 1.165) is 17.7 Å². The van der Waals surface area contributed by atoms with E-state index in [9.17, 15) is 18.0 Å². The van der Waals surface area contributed by atoms with Crippen LogP contribution in [0.3, 0.4) is 0 Å². The number of amides is 1. The second kappa shape index (κ2) is 7.97. The molecule has 1 atom stereocenters. The van der Waals surface area contributed by atoms with Gasteiger partial charge in [-0.2, -0.15) is 0 Å². The SMILES string of the molecule is CC(C)[C@H]([NH2+]CC(=O)Nc1c(F)cccc1F)c1ccc(F)cc1. The molecule has 0 saturated carbocycles. The number of quaternary nitrogens is 1. The van der Waals surface area contributed by atoms with Gasteiger partial charge < -0.3 is 10.6 Å². The quantitative estimate of drug-likeness (QED) is 0.836. The molecule has 128 valence electrons. The maximum Gasteiger partial charge on any atom is 0.279 e. The zero-order valence-corrected chi connectivity index (χ0v) is 13.5. The maximum absolute atomic E-state index is 13.5. The zero-order chi connectivity index (χ0) is 17.7. The molecule has 2 aromatic carbocycles. The number of para-hydroxylation sites is 1. The monoisotopic (exact) mass is 337 g/mol. The van der Waals surface area contributed by atoms with E-state index in [1.54, 1.807) is 17.4 Å². The van der Waals surface area contributed by atoms with Gasteiger partial charge in [-0.25, -0.2) is 13.2 Å². The summed E-state index contributed by atoms with van der Waals surface area (Å²) in [6.45, 7) is 3.96. The molecule has 0 bridgehead atoms. The summed E-state index contributed by atoms with van der Waals surface area (Å²) in [6, 6.07) is 9.41. The topological polar surface area (TPSA) is 45.7 Å². The van der Waals surface area contributed by atoms with E-state index >= 15 is 0 Å². The molecule has 0 aromatic heterocycles. The highest BCUT2D eigenvalue weighted by molar-refractivity contribution is 5.91. The van der Waals surface area contributed by atoms with Gasteiger partial charge in [-0.3, -0.25) is 4.79 Å². The summed E-state index contributed by atoms with van der Waals surface area (Å²) < 4.78 is 40.1. The van der Waals surface area contributed by atoms with Crippen LogP contribution < -0.4 is 10.6 Å². The van der Waals surface area contributed by atoms with Crippen molar-refractivity contribution in [3.8, 4) is 0 Å². The van der Waals surface area contributed by atoms with Gasteiger partial charge in [0.15, 0.2) is 6.54 Å². The van der Waals surface area contributed by atoms with Gasteiger partial charge in [0.25, 0.3) is 5.91 Å². The molecule has 0 fully saturated rings. The lowest BCUT2D eigenvalue weighted by atomic mass is 9.96. The molecule has 0 aliphatic heterocycles. The Kier molecular flexibility index (Phi) is 5.98. The number of rotatable bonds is 6. The smallest absolute Gasteiger partial charge is 0.279 e. The fourth-order valence-electron chi connectivity index (χ4n) is 2.52. The molecule has 0 saturated heterocycles. The standard InChI is InChI=1S/C18H19F3N2O/c1-11(2)17(12-6-8-13(19)9-7-12)22-10-16(24)23-18-14(20)4-3-5-15(18)21/h3-9,11,17,22H,10H2,1-2H3,(H,23,24)/p+1/t17-/m0/s1. The number of anilines is 1. The first-order chi connectivity index (χ1) is 11.4. The Balaban J connectivity index is 2.01. The van der Waals surface area contributed by atoms with Crippen molar-refractivity contribution >= 4 is 11.6 Å². The minimum Gasteiger partial charge on any atom is -0.332 e. The van der Waals surface area contributed by atoms with Crippen molar-refractivity contribution in [1.29, 1.82) is 0 Å². The van der Waals surface area contributed by atoms with Crippen LogP contribution in [0, 0.1) is 23.4 Å². The molecule has 0 radical (unpaired) electrons. The van der Waals surface area contributed by atoms with Crippen LogP contribution in [0.2, 0.25) is 0 Å². The predicted molar refractivity (Wildman–Crippen MR) is 85.8 cm³/mol. The summed E-state index contributed by atoms with van der Waals surface area (Å²) in [6.07, 6.45) is 0. The molecule has 24 heavy (non-hydrogen) atoms. The van der Waals surface area contributed by atoms with Crippen LogP contribution in [0.4, 0.5) is 18.9 Å². The second-order valence-corrected chi connectivity index (χ2v) is 5.91. The Morgan fingerprint density at radius 1 is 1.04 bits per heavy atom. The third kappa shape index (κ3) is 4.58. The molecular weight excluding hydrogens is 317 g/mol. The first-order valence-corrected chi connectivity index (χ1v) is 7.71. The Bertz CT molecular complexity index is 682. The number of carbonyl (C=O) groups is 1. The molecule has 3 nitrogen and oxygen atoms in total. The third-order valence-corrected chi connectivity index (χ3v) is 3.76. The van der Waals surface area contributed by atoms with E-state index in [2.05, 4.69) is 5.32 Å². The van der Waals surface area contributed by atoms with Crippen LogP contribution in [0.1, 0.15) is 25.5 Å². The molecular formula is C18H20F3N2O+. The van der Waals surface area contributed by atoms with Crippen molar-refractivity contribution in [2.75, 3.05) is 11.9 Å². The van der Waals surface area contributed by atoms with E-state index in [0.29, 0.717) is 0 Å². The van der Waals surface area contributed by atoms with Crippen molar-refractivity contribution in [2.24, 2.45) is 5.92 Å². The van der Waals surface area contributed by atoms with Crippen LogP contribution in [-0.2, 0) is 4.79 Å². The highest BCUT2D eigenvalue weighted by atomic mass is 19.1. The van der Waals surface area contributed by atoms with Crippen LogP contribution in [-0.4, -0.2) is 12.5 Å². The average Bonchev–Trinajstić information content (AvgIpc) is 2.52. The van der Waals surface area contributed by atoms with E-state index in [4.69, 9.17) is 0 Å². The highest BCUT2D eigenvalue weighted by Crippen LogP contribution is 2.19. The molecule has 0 aliphatic carbocycles. The number of benzene rings is 2. The largest absolute Gasteiger partial charge is 0.332 e. The molecule has 0 spiro atoms. The number of hydrogen-bond acceptors (Lipinski definition) is 1. The predicted octanol–water partition coefficient (Wildman–Crippen LogP) is 3.00. The zero-order valence-electron chi connectivity index (χ0n) is 13.5. The third-order valence-electron chi connectivity index (χ3n) is 3.76. The van der Waals surface area contributed by atoms with Gasteiger partial charge in [-0.1, -0.05) is 32.0 Å². The van der Waals surface area contributed by atoms with E-state index in [1.807, 2.05) is 13.8 Å². The molecule has 3 N–H and O–H groups in total. The molecule has 0 heterocycles. The number of carbonyl (C=O) groups excluding carboxylic acids is 1. The Morgan fingerprint density at radius 2 is 1.62 bits per heavy atom. The van der Waals surface area contributed by atoms with Crippen LogP contribution in [0.25, 0.3) is 0 Å². The minimum absolute atomic E-state index is 0.00595. The van der Waals surface area contributed by atoms with Crippen LogP contribution >= 0.6 is 0 Å². The van der Waals surface area contributed by atoms with Gasteiger partial charge in [0.05, 0.1) is 0 Å². The van der Waals surface area contributed by atoms with Crippen molar-refractivity contribution < 1.29 is 23.3 Å². The van der Waals surface area contributed by atoms with Crippen molar-refractivity contribution in [3.63, 3.8) is 0 Å². The Labute approximate surface area is 138 Å². The van der Waals surface area contributed by atoms with Gasteiger partial charge in [0.1, 0.15) is 29.2 Å². The normalized spacial score (nSPS) is 12.2. The second-order valence-electron chi connectivity index (χ2n) is 5.91. The van der Waals surface area contributed by atoms with E-state index in [1.165, 1.54) is 18.2 Å². The average molecular weight is 337 g/mol.